The summed E-state index contributed by atoms with van der Waals surface area (Å²) in [5.41, 5.74) is 0.857. The Hall–Kier alpha value is -3.03. The van der Waals surface area contributed by atoms with Crippen LogP contribution in [-0.2, 0) is 13.7 Å². The molecular formula is C19H18F2N4O2. The van der Waals surface area contributed by atoms with Gasteiger partial charge in [-0.15, -0.1) is 0 Å². The highest BCUT2D eigenvalue weighted by molar-refractivity contribution is 5.46. The first-order chi connectivity index (χ1) is 13.1. The van der Waals surface area contributed by atoms with Gasteiger partial charge in [-0.25, -0.2) is 13.6 Å². The van der Waals surface area contributed by atoms with E-state index in [4.69, 9.17) is 4.74 Å². The molecule has 0 radical (unpaired) electrons. The van der Waals surface area contributed by atoms with E-state index in [0.717, 1.165) is 27.8 Å². The molecule has 6 nitrogen and oxygen atoms in total. The monoisotopic (exact) mass is 372 g/mol. The molecule has 27 heavy (non-hydrogen) atoms. The van der Waals surface area contributed by atoms with Crippen molar-refractivity contribution in [2.75, 3.05) is 0 Å². The molecule has 140 valence electrons. The molecule has 1 fully saturated rings. The van der Waals surface area contributed by atoms with Crippen LogP contribution in [0.5, 0.6) is 5.75 Å². The lowest BCUT2D eigenvalue weighted by molar-refractivity contribution is 0.148. The summed E-state index contributed by atoms with van der Waals surface area (Å²) in [6.07, 6.45) is -0.489. The Labute approximate surface area is 154 Å². The van der Waals surface area contributed by atoms with Gasteiger partial charge in [0.1, 0.15) is 12.4 Å². The van der Waals surface area contributed by atoms with E-state index in [9.17, 15) is 13.6 Å². The van der Waals surface area contributed by atoms with Crippen LogP contribution in [0, 0.1) is 0 Å². The quantitative estimate of drug-likeness (QED) is 0.666. The van der Waals surface area contributed by atoms with E-state index >= 15 is 0 Å². The number of tetrazole rings is 1. The Balaban J connectivity index is 1.73. The molecule has 8 heteroatoms. The maximum absolute atomic E-state index is 13.6. The zero-order valence-corrected chi connectivity index (χ0v) is 14.7. The van der Waals surface area contributed by atoms with Gasteiger partial charge in [0.2, 0.25) is 0 Å². The van der Waals surface area contributed by atoms with E-state index in [2.05, 4.69) is 10.4 Å². The number of halogens is 2. The smallest absolute Gasteiger partial charge is 0.368 e. The average molecular weight is 372 g/mol. The number of aromatic nitrogens is 4. The standard InChI is InChI=1S/C19H18F2N4O2/c1-24-19(26)25(23-22-24)16-7-4-6-14(18(20)21)15(16)11-27-17-8-3-2-5-13(17)12-9-10-12/h2-8,12,18H,9-11H2,1H3. The van der Waals surface area contributed by atoms with Crippen LogP contribution >= 0.6 is 0 Å². The highest BCUT2D eigenvalue weighted by Gasteiger charge is 2.27. The summed E-state index contributed by atoms with van der Waals surface area (Å²) in [4.78, 5) is 12.2. The van der Waals surface area contributed by atoms with Crippen LogP contribution < -0.4 is 10.4 Å². The number of ether oxygens (including phenoxy) is 1. The molecule has 1 aliphatic rings. The van der Waals surface area contributed by atoms with E-state index in [0.29, 0.717) is 11.7 Å². The van der Waals surface area contributed by atoms with Crippen molar-refractivity contribution in [1.29, 1.82) is 0 Å². The zero-order valence-electron chi connectivity index (χ0n) is 14.7. The van der Waals surface area contributed by atoms with Crippen molar-refractivity contribution in [3.8, 4) is 11.4 Å². The van der Waals surface area contributed by atoms with Gasteiger partial charge < -0.3 is 4.74 Å². The summed E-state index contributed by atoms with van der Waals surface area (Å²) in [5, 5.41) is 7.43. The normalized spacial score (nSPS) is 13.9. The second kappa shape index (κ2) is 6.94. The predicted molar refractivity (Wildman–Crippen MR) is 94.3 cm³/mol. The van der Waals surface area contributed by atoms with Crippen molar-refractivity contribution in [3.05, 3.63) is 69.6 Å². The fourth-order valence-corrected chi connectivity index (χ4v) is 3.11. The fourth-order valence-electron chi connectivity index (χ4n) is 3.11. The topological polar surface area (TPSA) is 61.9 Å². The van der Waals surface area contributed by atoms with E-state index < -0.39 is 12.1 Å². The molecule has 3 aromatic rings. The van der Waals surface area contributed by atoms with Gasteiger partial charge in [0.15, 0.2) is 0 Å². The van der Waals surface area contributed by atoms with Gasteiger partial charge in [0, 0.05) is 18.2 Å². The Morgan fingerprint density at radius 2 is 1.93 bits per heavy atom. The van der Waals surface area contributed by atoms with E-state index in [-0.39, 0.29) is 23.4 Å². The van der Waals surface area contributed by atoms with E-state index in [1.165, 1.54) is 19.2 Å². The molecule has 0 N–H and O–H groups in total. The molecule has 1 saturated carbocycles. The summed E-state index contributed by atoms with van der Waals surface area (Å²) < 4.78 is 35.2. The average Bonchev–Trinajstić information content (AvgIpc) is 3.46. The lowest BCUT2D eigenvalue weighted by atomic mass is 10.1. The molecule has 2 aromatic carbocycles. The first kappa shape index (κ1) is 17.4. The largest absolute Gasteiger partial charge is 0.489 e. The molecule has 0 amide bonds. The summed E-state index contributed by atoms with van der Waals surface area (Å²) in [6, 6.07) is 12.0. The van der Waals surface area contributed by atoms with Crippen LogP contribution in [0.1, 0.15) is 41.9 Å². The number of alkyl halides is 2. The van der Waals surface area contributed by atoms with Gasteiger partial charge in [0.05, 0.1) is 5.69 Å². The summed E-state index contributed by atoms with van der Waals surface area (Å²) in [5.74, 6) is 1.15. The maximum Gasteiger partial charge on any atom is 0.368 e. The Morgan fingerprint density at radius 3 is 2.59 bits per heavy atom. The third kappa shape index (κ3) is 3.34. The molecule has 0 unspecified atom stereocenters. The first-order valence-electron chi connectivity index (χ1n) is 8.67. The lowest BCUT2D eigenvalue weighted by Gasteiger charge is -2.16. The highest BCUT2D eigenvalue weighted by atomic mass is 19.3. The second-order valence-electron chi connectivity index (χ2n) is 6.54. The van der Waals surface area contributed by atoms with Gasteiger partial charge in [-0.05, 0) is 46.9 Å². The Bertz CT molecular complexity index is 1020. The number of para-hydroxylation sites is 1. The summed E-state index contributed by atoms with van der Waals surface area (Å²) >= 11 is 0. The van der Waals surface area contributed by atoms with Crippen LogP contribution in [0.3, 0.4) is 0 Å². The minimum absolute atomic E-state index is 0.0946. The molecule has 0 saturated heterocycles. The number of rotatable bonds is 6. The minimum Gasteiger partial charge on any atom is -0.489 e. The molecule has 1 heterocycles. The SMILES string of the molecule is Cn1nnn(-c2cccc(C(F)F)c2COc2ccccc2C2CC2)c1=O. The van der Waals surface area contributed by atoms with Crippen molar-refractivity contribution >= 4 is 0 Å². The van der Waals surface area contributed by atoms with Crippen molar-refractivity contribution < 1.29 is 13.5 Å². The predicted octanol–water partition coefficient (Wildman–Crippen LogP) is 3.36. The van der Waals surface area contributed by atoms with Crippen LogP contribution in [0.25, 0.3) is 5.69 Å². The summed E-state index contributed by atoms with van der Waals surface area (Å²) in [6.45, 7) is -0.0946. The van der Waals surface area contributed by atoms with E-state index in [1.54, 1.807) is 6.07 Å². The van der Waals surface area contributed by atoms with Crippen molar-refractivity contribution in [2.24, 2.45) is 7.05 Å². The number of hydrogen-bond acceptors (Lipinski definition) is 4. The number of hydrogen-bond donors (Lipinski definition) is 0. The van der Waals surface area contributed by atoms with Crippen molar-refractivity contribution in [1.82, 2.24) is 19.8 Å². The van der Waals surface area contributed by atoms with Crippen molar-refractivity contribution in [3.63, 3.8) is 0 Å². The third-order valence-electron chi connectivity index (χ3n) is 4.68. The molecule has 4 rings (SSSR count). The minimum atomic E-state index is -2.70. The van der Waals surface area contributed by atoms with Gasteiger partial charge in [-0.3, -0.25) is 0 Å². The first-order valence-corrected chi connectivity index (χ1v) is 8.67. The maximum atomic E-state index is 13.6. The molecular weight excluding hydrogens is 354 g/mol. The molecule has 0 spiro atoms. The second-order valence-corrected chi connectivity index (χ2v) is 6.54. The fraction of sp³-hybridized carbons (Fsp3) is 0.316. The van der Waals surface area contributed by atoms with Gasteiger partial charge >= 0.3 is 5.69 Å². The Kier molecular flexibility index (Phi) is 4.47. The van der Waals surface area contributed by atoms with E-state index in [1.807, 2.05) is 24.3 Å². The van der Waals surface area contributed by atoms with Gasteiger partial charge in [-0.1, -0.05) is 30.3 Å². The molecule has 0 bridgehead atoms. The van der Waals surface area contributed by atoms with Crippen LogP contribution in [0.4, 0.5) is 8.78 Å². The van der Waals surface area contributed by atoms with Crippen LogP contribution in [0.2, 0.25) is 0 Å². The summed E-state index contributed by atoms with van der Waals surface area (Å²) in [7, 11) is 1.45. The molecule has 0 atom stereocenters. The Morgan fingerprint density at radius 1 is 1.15 bits per heavy atom. The number of aryl methyl sites for hydroxylation is 1. The molecule has 1 aromatic heterocycles. The van der Waals surface area contributed by atoms with Crippen LogP contribution in [0.15, 0.2) is 47.3 Å². The van der Waals surface area contributed by atoms with Gasteiger partial charge in [-0.2, -0.15) is 9.36 Å². The third-order valence-corrected chi connectivity index (χ3v) is 4.68. The molecule has 1 aliphatic carbocycles. The zero-order chi connectivity index (χ0) is 19.0. The number of nitrogens with zero attached hydrogens (tertiary/aromatic N) is 4. The number of benzene rings is 2. The van der Waals surface area contributed by atoms with Gasteiger partial charge in [0.25, 0.3) is 6.43 Å². The lowest BCUT2D eigenvalue weighted by Crippen LogP contribution is -2.23. The van der Waals surface area contributed by atoms with Crippen LogP contribution in [-0.4, -0.2) is 19.8 Å². The molecule has 0 aliphatic heterocycles. The van der Waals surface area contributed by atoms with Crippen molar-refractivity contribution in [2.45, 2.75) is 31.8 Å². The highest BCUT2D eigenvalue weighted by Crippen LogP contribution is 2.44.